The number of hydrogen-bond acceptors (Lipinski definition) is 4. The molecule has 3 atom stereocenters. The molecule has 1 fully saturated rings. The van der Waals surface area contributed by atoms with Crippen molar-refractivity contribution in [2.24, 2.45) is 0 Å². The molecule has 17 heavy (non-hydrogen) atoms. The molecule has 1 rings (SSSR count). The molecule has 7 heteroatoms. The Kier molecular flexibility index (Phi) is 5.57. The van der Waals surface area contributed by atoms with Gasteiger partial charge in [-0.25, -0.2) is 4.79 Å². The van der Waals surface area contributed by atoms with Gasteiger partial charge < -0.3 is 15.2 Å². The lowest BCUT2D eigenvalue weighted by molar-refractivity contribution is -0.151. The van der Waals surface area contributed by atoms with Crippen molar-refractivity contribution in [3.8, 4) is 0 Å². The van der Waals surface area contributed by atoms with E-state index in [4.69, 9.17) is 9.84 Å². The van der Waals surface area contributed by atoms with Crippen LogP contribution in [0.15, 0.2) is 0 Å². The molecule has 0 radical (unpaired) electrons. The molecular formula is C10H17NO5S. The summed E-state index contributed by atoms with van der Waals surface area (Å²) in [5, 5.41) is 11.3. The number of amides is 1. The van der Waals surface area contributed by atoms with Gasteiger partial charge in [-0.15, -0.1) is 0 Å². The first-order valence-corrected chi connectivity index (χ1v) is 7.19. The molecule has 98 valence electrons. The lowest BCUT2D eigenvalue weighted by Crippen LogP contribution is -2.36. The number of carboxylic acid groups (broad SMARTS) is 1. The van der Waals surface area contributed by atoms with Crippen LogP contribution in [0.3, 0.4) is 0 Å². The van der Waals surface area contributed by atoms with Crippen LogP contribution in [0, 0.1) is 0 Å². The van der Waals surface area contributed by atoms with Crippen molar-refractivity contribution in [2.75, 3.05) is 18.6 Å². The van der Waals surface area contributed by atoms with E-state index < -0.39 is 29.0 Å². The van der Waals surface area contributed by atoms with Crippen molar-refractivity contribution in [2.45, 2.75) is 31.5 Å². The molecule has 0 aromatic carbocycles. The largest absolute Gasteiger partial charge is 0.479 e. The molecule has 0 aliphatic carbocycles. The summed E-state index contributed by atoms with van der Waals surface area (Å²) < 4.78 is 15.9. The fraction of sp³-hybridized carbons (Fsp3) is 0.800. The number of nitrogens with one attached hydrogen (secondary N) is 1. The minimum Gasteiger partial charge on any atom is -0.479 e. The van der Waals surface area contributed by atoms with Crippen molar-refractivity contribution in [3.05, 3.63) is 0 Å². The van der Waals surface area contributed by atoms with Crippen LogP contribution in [0.2, 0.25) is 0 Å². The fourth-order valence-electron chi connectivity index (χ4n) is 1.61. The molecule has 2 N–H and O–H groups in total. The Balaban J connectivity index is 2.21. The van der Waals surface area contributed by atoms with Crippen LogP contribution >= 0.6 is 0 Å². The SMILES string of the molecule is CS(=O)CCCNC(=O)[C@@H]1CC[C@H](C(=O)O)O1. The van der Waals surface area contributed by atoms with Crippen LogP contribution in [0.1, 0.15) is 19.3 Å². The first-order valence-electron chi connectivity index (χ1n) is 5.46. The van der Waals surface area contributed by atoms with E-state index in [-0.39, 0.29) is 5.91 Å². The second kappa shape index (κ2) is 6.70. The van der Waals surface area contributed by atoms with Gasteiger partial charge in [-0.3, -0.25) is 9.00 Å². The van der Waals surface area contributed by atoms with Crippen LogP contribution < -0.4 is 5.32 Å². The molecule has 0 aromatic rings. The molecule has 1 aliphatic rings. The molecule has 1 saturated heterocycles. The Morgan fingerprint density at radius 3 is 2.59 bits per heavy atom. The smallest absolute Gasteiger partial charge is 0.332 e. The van der Waals surface area contributed by atoms with E-state index in [2.05, 4.69) is 5.32 Å². The van der Waals surface area contributed by atoms with Crippen LogP contribution in [0.4, 0.5) is 0 Å². The summed E-state index contributed by atoms with van der Waals surface area (Å²) in [6.07, 6.45) is 1.52. The molecule has 0 spiro atoms. The highest BCUT2D eigenvalue weighted by atomic mass is 32.2. The van der Waals surface area contributed by atoms with Gasteiger partial charge in [-0.1, -0.05) is 0 Å². The molecule has 1 heterocycles. The van der Waals surface area contributed by atoms with Crippen LogP contribution in [-0.2, 0) is 25.1 Å². The highest BCUT2D eigenvalue weighted by Gasteiger charge is 2.34. The molecule has 1 aliphatic heterocycles. The maximum absolute atomic E-state index is 11.6. The summed E-state index contributed by atoms with van der Waals surface area (Å²) in [5.74, 6) is -0.763. The maximum Gasteiger partial charge on any atom is 0.332 e. The standard InChI is InChI=1S/C10H17NO5S/c1-17(15)6-2-5-11-9(12)7-3-4-8(16-7)10(13)14/h7-8H,2-6H2,1H3,(H,11,12)(H,13,14)/t7-,8+,17?/m0/s1. The van der Waals surface area contributed by atoms with Gasteiger partial charge in [0.25, 0.3) is 0 Å². The van der Waals surface area contributed by atoms with Crippen molar-refractivity contribution in [1.29, 1.82) is 0 Å². The normalized spacial score (nSPS) is 25.5. The van der Waals surface area contributed by atoms with Gasteiger partial charge in [0.15, 0.2) is 6.10 Å². The molecule has 0 aromatic heterocycles. The predicted molar refractivity (Wildman–Crippen MR) is 62.1 cm³/mol. The second-order valence-electron chi connectivity index (χ2n) is 3.95. The van der Waals surface area contributed by atoms with Crippen molar-refractivity contribution >= 4 is 22.7 Å². The van der Waals surface area contributed by atoms with E-state index in [0.29, 0.717) is 31.6 Å². The number of carbonyl (C=O) groups excluding carboxylic acids is 1. The molecule has 0 saturated carbocycles. The topological polar surface area (TPSA) is 92.7 Å². The summed E-state index contributed by atoms with van der Waals surface area (Å²) in [5.41, 5.74) is 0. The van der Waals surface area contributed by atoms with Gasteiger partial charge in [0.2, 0.25) is 5.91 Å². The highest BCUT2D eigenvalue weighted by Crippen LogP contribution is 2.19. The second-order valence-corrected chi connectivity index (χ2v) is 5.51. The zero-order chi connectivity index (χ0) is 12.8. The van der Waals surface area contributed by atoms with E-state index in [0.717, 1.165) is 0 Å². The van der Waals surface area contributed by atoms with E-state index in [1.807, 2.05) is 0 Å². The number of carboxylic acids is 1. The molecule has 6 nitrogen and oxygen atoms in total. The summed E-state index contributed by atoms with van der Waals surface area (Å²) in [7, 11) is -0.854. The van der Waals surface area contributed by atoms with Crippen LogP contribution in [-0.4, -0.2) is 52.0 Å². The zero-order valence-corrected chi connectivity index (χ0v) is 10.5. The quantitative estimate of drug-likeness (QED) is 0.630. The first-order chi connectivity index (χ1) is 8.00. The van der Waals surface area contributed by atoms with Crippen LogP contribution in [0.5, 0.6) is 0 Å². The third-order valence-electron chi connectivity index (χ3n) is 2.50. The van der Waals surface area contributed by atoms with Crippen molar-refractivity contribution in [1.82, 2.24) is 5.32 Å². The molecular weight excluding hydrogens is 246 g/mol. The average Bonchev–Trinajstić information content (AvgIpc) is 2.73. The summed E-state index contributed by atoms with van der Waals surface area (Å²) in [6, 6.07) is 0. The summed E-state index contributed by atoms with van der Waals surface area (Å²) >= 11 is 0. The van der Waals surface area contributed by atoms with Crippen LogP contribution in [0.25, 0.3) is 0 Å². The van der Waals surface area contributed by atoms with Crippen molar-refractivity contribution in [3.63, 3.8) is 0 Å². The molecule has 1 amide bonds. The van der Waals surface area contributed by atoms with E-state index >= 15 is 0 Å². The Morgan fingerprint density at radius 1 is 1.41 bits per heavy atom. The van der Waals surface area contributed by atoms with Gasteiger partial charge in [-0.05, 0) is 19.3 Å². The molecule has 1 unspecified atom stereocenters. The number of aliphatic carboxylic acids is 1. The third kappa shape index (κ3) is 4.82. The summed E-state index contributed by atoms with van der Waals surface area (Å²) in [4.78, 5) is 22.2. The fourth-order valence-corrected chi connectivity index (χ4v) is 2.16. The first kappa shape index (κ1) is 14.1. The minimum absolute atomic E-state index is 0.282. The number of rotatable bonds is 6. The van der Waals surface area contributed by atoms with Gasteiger partial charge in [-0.2, -0.15) is 0 Å². The van der Waals surface area contributed by atoms with E-state index in [1.165, 1.54) is 0 Å². The average molecular weight is 263 g/mol. The Morgan fingerprint density at radius 2 is 2.06 bits per heavy atom. The number of carbonyl (C=O) groups is 2. The Labute approximate surface area is 102 Å². The van der Waals surface area contributed by atoms with Gasteiger partial charge in [0, 0.05) is 29.4 Å². The highest BCUT2D eigenvalue weighted by molar-refractivity contribution is 7.84. The maximum atomic E-state index is 11.6. The van der Waals surface area contributed by atoms with Gasteiger partial charge >= 0.3 is 5.97 Å². The lowest BCUT2D eigenvalue weighted by atomic mass is 10.2. The van der Waals surface area contributed by atoms with Crippen molar-refractivity contribution < 1.29 is 23.6 Å². The molecule has 0 bridgehead atoms. The minimum atomic E-state index is -1.03. The monoisotopic (exact) mass is 263 g/mol. The lowest BCUT2D eigenvalue weighted by Gasteiger charge is -2.11. The Hall–Kier alpha value is -0.950. The number of ether oxygens (including phenoxy) is 1. The van der Waals surface area contributed by atoms with Gasteiger partial charge in [0.05, 0.1) is 0 Å². The van der Waals surface area contributed by atoms with E-state index in [9.17, 15) is 13.8 Å². The Bertz CT molecular complexity index is 320. The number of hydrogen-bond donors (Lipinski definition) is 2. The van der Waals surface area contributed by atoms with E-state index in [1.54, 1.807) is 6.26 Å². The zero-order valence-electron chi connectivity index (χ0n) is 9.68. The van der Waals surface area contributed by atoms with Gasteiger partial charge in [0.1, 0.15) is 6.10 Å². The third-order valence-corrected chi connectivity index (χ3v) is 3.36. The summed E-state index contributed by atoms with van der Waals surface area (Å²) in [6.45, 7) is 0.440. The predicted octanol–water partition coefficient (Wildman–Crippen LogP) is -0.497.